The molecular formula is C23H26N4O3. The van der Waals surface area contributed by atoms with E-state index >= 15 is 0 Å². The maximum Gasteiger partial charge on any atom is 0.321 e. The first-order chi connectivity index (χ1) is 14.6. The van der Waals surface area contributed by atoms with Crippen molar-refractivity contribution in [1.82, 2.24) is 4.90 Å². The molecule has 2 aliphatic rings. The molecule has 2 aromatic rings. The van der Waals surface area contributed by atoms with E-state index < -0.39 is 0 Å². The zero-order valence-corrected chi connectivity index (χ0v) is 16.8. The molecule has 0 bridgehead atoms. The summed E-state index contributed by atoms with van der Waals surface area (Å²) in [5.74, 6) is -0.250. The maximum absolute atomic E-state index is 12.8. The van der Waals surface area contributed by atoms with Gasteiger partial charge < -0.3 is 20.4 Å². The summed E-state index contributed by atoms with van der Waals surface area (Å²) < 4.78 is 0. The molecule has 7 nitrogen and oxygen atoms in total. The number of para-hydroxylation sites is 1. The average Bonchev–Trinajstić information content (AvgIpc) is 3.20. The predicted molar refractivity (Wildman–Crippen MR) is 116 cm³/mol. The van der Waals surface area contributed by atoms with Crippen molar-refractivity contribution in [3.8, 4) is 0 Å². The predicted octanol–water partition coefficient (Wildman–Crippen LogP) is 3.70. The fraction of sp³-hybridized carbons (Fsp3) is 0.348. The summed E-state index contributed by atoms with van der Waals surface area (Å²) in [4.78, 5) is 40.8. The van der Waals surface area contributed by atoms with Gasteiger partial charge in [-0.1, -0.05) is 24.3 Å². The molecule has 0 radical (unpaired) electrons. The molecule has 2 N–H and O–H groups in total. The van der Waals surface area contributed by atoms with Crippen LogP contribution in [0.2, 0.25) is 0 Å². The SMILES string of the molecule is O=C(Nc1cccc(N2CCCC2=O)c1)[C@@H]1CCCN(C(=O)Nc2ccccc2)C1. The zero-order valence-electron chi connectivity index (χ0n) is 16.8. The number of carbonyl (C=O) groups is 3. The van der Waals surface area contributed by atoms with Crippen LogP contribution >= 0.6 is 0 Å². The molecular weight excluding hydrogens is 380 g/mol. The molecule has 0 spiro atoms. The Kier molecular flexibility index (Phi) is 5.97. The van der Waals surface area contributed by atoms with Gasteiger partial charge in [-0.25, -0.2) is 4.79 Å². The molecule has 7 heteroatoms. The lowest BCUT2D eigenvalue weighted by molar-refractivity contribution is -0.121. The Morgan fingerprint density at radius 2 is 1.70 bits per heavy atom. The number of piperidine rings is 1. The maximum atomic E-state index is 12.8. The quantitative estimate of drug-likeness (QED) is 0.812. The molecule has 2 saturated heterocycles. The van der Waals surface area contributed by atoms with Crippen molar-refractivity contribution in [3.05, 3.63) is 54.6 Å². The van der Waals surface area contributed by atoms with Crippen molar-refractivity contribution in [3.63, 3.8) is 0 Å². The number of carbonyl (C=O) groups excluding carboxylic acids is 3. The van der Waals surface area contributed by atoms with Crippen molar-refractivity contribution in [2.75, 3.05) is 35.2 Å². The van der Waals surface area contributed by atoms with Gasteiger partial charge in [0.1, 0.15) is 0 Å². The van der Waals surface area contributed by atoms with E-state index in [9.17, 15) is 14.4 Å². The highest BCUT2D eigenvalue weighted by Crippen LogP contribution is 2.25. The molecule has 2 fully saturated rings. The third-order valence-electron chi connectivity index (χ3n) is 5.60. The lowest BCUT2D eigenvalue weighted by Gasteiger charge is -2.32. The molecule has 4 rings (SSSR count). The Labute approximate surface area is 176 Å². The monoisotopic (exact) mass is 406 g/mol. The number of likely N-dealkylation sites (tertiary alicyclic amines) is 1. The molecule has 156 valence electrons. The Bertz CT molecular complexity index is 931. The van der Waals surface area contributed by atoms with E-state index in [-0.39, 0.29) is 23.8 Å². The fourth-order valence-electron chi connectivity index (χ4n) is 4.02. The first kappa shape index (κ1) is 19.9. The van der Waals surface area contributed by atoms with Gasteiger partial charge >= 0.3 is 6.03 Å². The third kappa shape index (κ3) is 4.62. The Morgan fingerprint density at radius 1 is 0.900 bits per heavy atom. The van der Waals surface area contributed by atoms with Gasteiger partial charge in [0, 0.05) is 43.1 Å². The van der Waals surface area contributed by atoms with Crippen LogP contribution in [-0.2, 0) is 9.59 Å². The number of nitrogens with zero attached hydrogens (tertiary/aromatic N) is 2. The normalized spacial score (nSPS) is 18.9. The zero-order chi connectivity index (χ0) is 20.9. The van der Waals surface area contributed by atoms with E-state index in [4.69, 9.17) is 0 Å². The van der Waals surface area contributed by atoms with Crippen molar-refractivity contribution >= 4 is 34.9 Å². The standard InChI is InChI=1S/C23H26N4O3/c28-21-12-6-14-27(21)20-11-4-10-19(15-20)24-22(29)17-7-5-13-26(16-17)23(30)25-18-8-2-1-3-9-18/h1-4,8-11,15,17H,5-7,12-14,16H2,(H,24,29)(H,25,30)/t17-/m1/s1. The second-order valence-electron chi connectivity index (χ2n) is 7.77. The first-order valence-corrected chi connectivity index (χ1v) is 10.4. The van der Waals surface area contributed by atoms with Gasteiger partial charge in [-0.15, -0.1) is 0 Å². The third-order valence-corrected chi connectivity index (χ3v) is 5.60. The van der Waals surface area contributed by atoms with Crippen LogP contribution in [0.3, 0.4) is 0 Å². The van der Waals surface area contributed by atoms with Gasteiger partial charge in [0.15, 0.2) is 0 Å². The number of anilines is 3. The van der Waals surface area contributed by atoms with E-state index in [1.165, 1.54) is 0 Å². The average molecular weight is 406 g/mol. The van der Waals surface area contributed by atoms with Crippen LogP contribution in [0.1, 0.15) is 25.7 Å². The topological polar surface area (TPSA) is 81.8 Å². The summed E-state index contributed by atoms with van der Waals surface area (Å²) in [6, 6.07) is 16.5. The Hall–Kier alpha value is -3.35. The number of benzene rings is 2. The number of amides is 4. The first-order valence-electron chi connectivity index (χ1n) is 10.4. The highest BCUT2D eigenvalue weighted by atomic mass is 16.2. The minimum Gasteiger partial charge on any atom is -0.326 e. The van der Waals surface area contributed by atoms with Gasteiger partial charge in [0.05, 0.1) is 5.92 Å². The number of urea groups is 1. The van der Waals surface area contributed by atoms with Crippen molar-refractivity contribution in [2.45, 2.75) is 25.7 Å². The van der Waals surface area contributed by atoms with Gasteiger partial charge in [-0.2, -0.15) is 0 Å². The van der Waals surface area contributed by atoms with Gasteiger partial charge in [-0.3, -0.25) is 9.59 Å². The molecule has 1 atom stereocenters. The molecule has 2 aliphatic heterocycles. The molecule has 2 aromatic carbocycles. The smallest absolute Gasteiger partial charge is 0.321 e. The lowest BCUT2D eigenvalue weighted by Crippen LogP contribution is -2.45. The van der Waals surface area contributed by atoms with E-state index in [1.807, 2.05) is 54.6 Å². The van der Waals surface area contributed by atoms with Crippen LogP contribution in [0.15, 0.2) is 54.6 Å². The van der Waals surface area contributed by atoms with Crippen LogP contribution < -0.4 is 15.5 Å². The number of hydrogen-bond acceptors (Lipinski definition) is 3. The van der Waals surface area contributed by atoms with Crippen LogP contribution in [0.25, 0.3) is 0 Å². The summed E-state index contributed by atoms with van der Waals surface area (Å²) >= 11 is 0. The van der Waals surface area contributed by atoms with Crippen molar-refractivity contribution in [2.24, 2.45) is 5.92 Å². The summed E-state index contributed by atoms with van der Waals surface area (Å²) in [5.41, 5.74) is 2.22. The van der Waals surface area contributed by atoms with Crippen molar-refractivity contribution in [1.29, 1.82) is 0 Å². The van der Waals surface area contributed by atoms with E-state index in [2.05, 4.69) is 10.6 Å². The molecule has 4 amide bonds. The largest absolute Gasteiger partial charge is 0.326 e. The van der Waals surface area contributed by atoms with Crippen LogP contribution in [0.4, 0.5) is 21.9 Å². The van der Waals surface area contributed by atoms with Crippen LogP contribution in [0.5, 0.6) is 0 Å². The molecule has 0 aliphatic carbocycles. The molecule has 30 heavy (non-hydrogen) atoms. The Morgan fingerprint density at radius 3 is 2.47 bits per heavy atom. The van der Waals surface area contributed by atoms with E-state index in [0.717, 1.165) is 30.6 Å². The van der Waals surface area contributed by atoms with Crippen LogP contribution in [-0.4, -0.2) is 42.4 Å². The highest BCUT2D eigenvalue weighted by Gasteiger charge is 2.29. The van der Waals surface area contributed by atoms with Gasteiger partial charge in [-0.05, 0) is 49.6 Å². The molecule has 0 unspecified atom stereocenters. The lowest BCUT2D eigenvalue weighted by atomic mass is 9.97. The van der Waals surface area contributed by atoms with Crippen LogP contribution in [0, 0.1) is 5.92 Å². The number of rotatable bonds is 4. The fourth-order valence-corrected chi connectivity index (χ4v) is 4.02. The minimum absolute atomic E-state index is 0.0999. The van der Waals surface area contributed by atoms with E-state index in [0.29, 0.717) is 31.7 Å². The summed E-state index contributed by atoms with van der Waals surface area (Å²) in [6.07, 6.45) is 2.95. The van der Waals surface area contributed by atoms with Crippen molar-refractivity contribution < 1.29 is 14.4 Å². The molecule has 0 aromatic heterocycles. The number of nitrogens with one attached hydrogen (secondary N) is 2. The second-order valence-corrected chi connectivity index (χ2v) is 7.77. The Balaban J connectivity index is 1.36. The summed E-state index contributed by atoms with van der Waals surface area (Å²) in [6.45, 7) is 1.73. The summed E-state index contributed by atoms with van der Waals surface area (Å²) in [7, 11) is 0. The highest BCUT2D eigenvalue weighted by molar-refractivity contribution is 5.97. The van der Waals surface area contributed by atoms with Gasteiger partial charge in [0.25, 0.3) is 0 Å². The second kappa shape index (κ2) is 8.98. The van der Waals surface area contributed by atoms with Gasteiger partial charge in [0.2, 0.25) is 11.8 Å². The molecule has 2 heterocycles. The summed E-state index contributed by atoms with van der Waals surface area (Å²) in [5, 5.41) is 5.85. The minimum atomic E-state index is -0.266. The van der Waals surface area contributed by atoms with E-state index in [1.54, 1.807) is 9.80 Å². The number of hydrogen-bond donors (Lipinski definition) is 2. The molecule has 0 saturated carbocycles.